The molecule has 0 aliphatic heterocycles. The van der Waals surface area contributed by atoms with Crippen molar-refractivity contribution in [2.45, 2.75) is 13.1 Å². The number of anilines is 1. The number of H-pyrrole nitrogens is 2. The van der Waals surface area contributed by atoms with E-state index < -0.39 is 11.9 Å². The molecular formula is C23H17F4N7. The molecule has 5 aromatic rings. The number of pyridine rings is 2. The van der Waals surface area contributed by atoms with Crippen LogP contribution in [0.5, 0.6) is 0 Å². The zero-order valence-electron chi connectivity index (χ0n) is 17.7. The van der Waals surface area contributed by atoms with E-state index in [0.29, 0.717) is 23.4 Å². The lowest BCUT2D eigenvalue weighted by Crippen LogP contribution is -2.04. The third-order valence-corrected chi connectivity index (χ3v) is 4.90. The first kappa shape index (κ1) is 22.7. The highest BCUT2D eigenvalue weighted by atomic mass is 19.4. The molecule has 172 valence electrons. The summed E-state index contributed by atoms with van der Waals surface area (Å²) >= 11 is 0. The number of rotatable bonds is 3. The van der Waals surface area contributed by atoms with Gasteiger partial charge in [-0.1, -0.05) is 0 Å². The number of aromatic nitrogens is 5. The number of halogens is 4. The van der Waals surface area contributed by atoms with Crippen LogP contribution in [0, 0.1) is 17.1 Å². The van der Waals surface area contributed by atoms with Crippen LogP contribution in [0.25, 0.3) is 33.1 Å². The fourth-order valence-corrected chi connectivity index (χ4v) is 3.40. The molecule has 34 heavy (non-hydrogen) atoms. The molecule has 5 rings (SSSR count). The first-order chi connectivity index (χ1) is 16.3. The molecule has 0 atom stereocenters. The van der Waals surface area contributed by atoms with Gasteiger partial charge in [-0.3, -0.25) is 10.1 Å². The number of nitriles is 1. The van der Waals surface area contributed by atoms with Gasteiger partial charge < -0.3 is 10.3 Å². The lowest BCUT2D eigenvalue weighted by Gasteiger charge is -2.05. The summed E-state index contributed by atoms with van der Waals surface area (Å²) < 4.78 is 48.7. The van der Waals surface area contributed by atoms with Gasteiger partial charge in [0.2, 0.25) is 0 Å². The second kappa shape index (κ2) is 9.19. The Morgan fingerprint density at radius 1 is 1.06 bits per heavy atom. The monoisotopic (exact) mass is 467 g/mol. The van der Waals surface area contributed by atoms with E-state index in [9.17, 15) is 17.6 Å². The van der Waals surface area contributed by atoms with Crippen molar-refractivity contribution in [2.75, 3.05) is 11.9 Å². The average Bonchev–Trinajstić information content (AvgIpc) is 3.48. The van der Waals surface area contributed by atoms with E-state index in [1.165, 1.54) is 18.3 Å². The van der Waals surface area contributed by atoms with Gasteiger partial charge in [0.25, 0.3) is 0 Å². The van der Waals surface area contributed by atoms with Gasteiger partial charge in [-0.15, -0.1) is 0 Å². The molecule has 1 aromatic carbocycles. The Morgan fingerprint density at radius 2 is 1.85 bits per heavy atom. The van der Waals surface area contributed by atoms with Crippen LogP contribution in [0.3, 0.4) is 0 Å². The number of hydrogen-bond donors (Lipinski definition) is 3. The van der Waals surface area contributed by atoms with Crippen molar-refractivity contribution in [3.8, 4) is 17.2 Å². The lowest BCUT2D eigenvalue weighted by atomic mass is 10.1. The van der Waals surface area contributed by atoms with Gasteiger partial charge in [-0.05, 0) is 37.3 Å². The molecule has 7 nitrogen and oxygen atoms in total. The van der Waals surface area contributed by atoms with E-state index >= 15 is 0 Å². The molecule has 0 saturated carbocycles. The van der Waals surface area contributed by atoms with E-state index in [2.05, 4.69) is 31.4 Å². The average molecular weight is 467 g/mol. The van der Waals surface area contributed by atoms with Gasteiger partial charge in [0.1, 0.15) is 23.2 Å². The highest BCUT2D eigenvalue weighted by Crippen LogP contribution is 2.33. The van der Waals surface area contributed by atoms with Gasteiger partial charge in [-0.25, -0.2) is 9.37 Å². The van der Waals surface area contributed by atoms with Crippen molar-refractivity contribution in [3.63, 3.8) is 0 Å². The first-order valence-electron chi connectivity index (χ1n) is 10.1. The van der Waals surface area contributed by atoms with Crippen LogP contribution in [0.4, 0.5) is 23.2 Å². The van der Waals surface area contributed by atoms with Crippen molar-refractivity contribution >= 4 is 27.6 Å². The van der Waals surface area contributed by atoms with Crippen molar-refractivity contribution in [3.05, 3.63) is 72.2 Å². The minimum Gasteiger partial charge on any atom is -0.384 e. The molecule has 0 unspecified atom stereocenters. The summed E-state index contributed by atoms with van der Waals surface area (Å²) in [6.45, 7) is 2.66. The molecule has 4 aromatic heterocycles. The van der Waals surface area contributed by atoms with E-state index in [1.807, 2.05) is 13.0 Å². The Labute approximate surface area is 190 Å². The summed E-state index contributed by atoms with van der Waals surface area (Å²) in [6.07, 6.45) is 1.68. The summed E-state index contributed by atoms with van der Waals surface area (Å²) in [4.78, 5) is 11.8. The number of nitrogens with one attached hydrogen (secondary N) is 3. The minimum atomic E-state index is -4.30. The van der Waals surface area contributed by atoms with Crippen LogP contribution >= 0.6 is 0 Å². The quantitative estimate of drug-likeness (QED) is 0.297. The molecule has 0 aliphatic rings. The molecule has 0 radical (unpaired) electrons. The van der Waals surface area contributed by atoms with Gasteiger partial charge >= 0.3 is 6.18 Å². The predicted molar refractivity (Wildman–Crippen MR) is 119 cm³/mol. The van der Waals surface area contributed by atoms with E-state index in [-0.39, 0.29) is 5.82 Å². The first-order valence-corrected chi connectivity index (χ1v) is 10.1. The fraction of sp³-hybridized carbons (Fsp3) is 0.130. The third kappa shape index (κ3) is 4.66. The largest absolute Gasteiger partial charge is 0.432 e. The Bertz CT molecular complexity index is 1480. The van der Waals surface area contributed by atoms with Gasteiger partial charge in [0.15, 0.2) is 0 Å². The molecule has 3 N–H and O–H groups in total. The van der Waals surface area contributed by atoms with E-state index in [0.717, 1.165) is 39.7 Å². The van der Waals surface area contributed by atoms with Crippen LogP contribution in [0.15, 0.2) is 55.1 Å². The second-order valence-corrected chi connectivity index (χ2v) is 7.19. The van der Waals surface area contributed by atoms with E-state index in [1.54, 1.807) is 23.6 Å². The molecule has 4 heterocycles. The highest BCUT2D eigenvalue weighted by molar-refractivity contribution is 6.10. The van der Waals surface area contributed by atoms with Crippen LogP contribution in [-0.2, 0) is 6.18 Å². The maximum Gasteiger partial charge on any atom is 0.432 e. The van der Waals surface area contributed by atoms with Gasteiger partial charge in [0, 0.05) is 53.2 Å². The van der Waals surface area contributed by atoms with Crippen molar-refractivity contribution in [1.82, 2.24) is 25.1 Å². The van der Waals surface area contributed by atoms with Crippen molar-refractivity contribution < 1.29 is 17.6 Å². The van der Waals surface area contributed by atoms with Crippen molar-refractivity contribution in [1.29, 1.82) is 5.26 Å². The Balaban J connectivity index is 0.000000257. The molecular weight excluding hydrogens is 450 g/mol. The number of nitrogens with zero attached hydrogens (tertiary/aromatic N) is 4. The van der Waals surface area contributed by atoms with Gasteiger partial charge in [-0.2, -0.15) is 23.5 Å². The Morgan fingerprint density at radius 3 is 2.50 bits per heavy atom. The normalized spacial score (nSPS) is 11.2. The summed E-state index contributed by atoms with van der Waals surface area (Å²) in [5.41, 5.74) is 3.52. The van der Waals surface area contributed by atoms with E-state index in [4.69, 9.17) is 5.26 Å². The third-order valence-electron chi connectivity index (χ3n) is 4.90. The summed E-state index contributed by atoms with van der Waals surface area (Å²) in [5, 5.41) is 18.8. The predicted octanol–water partition coefficient (Wildman–Crippen LogP) is 5.65. The molecule has 11 heteroatoms. The number of hydrogen-bond acceptors (Lipinski definition) is 5. The van der Waals surface area contributed by atoms with Crippen LogP contribution in [-0.4, -0.2) is 31.7 Å². The second-order valence-electron chi connectivity index (χ2n) is 7.19. The Kier molecular flexibility index (Phi) is 6.14. The minimum absolute atomic E-state index is 0.303. The topological polar surface area (TPSA) is 106 Å². The molecule has 0 aliphatic carbocycles. The number of fused-ring (bicyclic) bond motifs is 3. The standard InChI is InChI=1S/C19H14FN5.C4H3F3N2/c1-2-23-17-6-14(20)5-15-16-4-13(10-24-19(16)25-18(15)17)12-3-11(7-21)8-22-9-12;5-4(6,7)3-1-2-8-9-3/h3-6,8-10,23H,2H2,1H3,(H,24,25);1-2H,(H,8,9). The van der Waals surface area contributed by atoms with Crippen molar-refractivity contribution in [2.24, 2.45) is 0 Å². The maximum atomic E-state index is 14.0. The highest BCUT2D eigenvalue weighted by Gasteiger charge is 2.31. The van der Waals surface area contributed by atoms with Gasteiger partial charge in [0.05, 0.1) is 16.8 Å². The Hall–Kier alpha value is -4.46. The molecule has 0 spiro atoms. The summed E-state index contributed by atoms with van der Waals surface area (Å²) in [5.74, 6) is -0.303. The number of alkyl halides is 3. The summed E-state index contributed by atoms with van der Waals surface area (Å²) in [6, 6.07) is 9.63. The number of aromatic amines is 2. The number of benzene rings is 1. The zero-order valence-corrected chi connectivity index (χ0v) is 17.7. The molecule has 0 amide bonds. The van der Waals surface area contributed by atoms with Crippen LogP contribution in [0.1, 0.15) is 18.2 Å². The molecule has 0 fully saturated rings. The molecule has 0 bridgehead atoms. The zero-order chi connectivity index (χ0) is 24.3. The maximum absolute atomic E-state index is 14.0. The SMILES string of the molecule is CCNc1cc(F)cc2c1[nH]c1ncc(-c3cncc(C#N)c3)cc12.FC(F)(F)c1ccn[nH]1. The fourth-order valence-electron chi connectivity index (χ4n) is 3.40. The smallest absolute Gasteiger partial charge is 0.384 e. The van der Waals surface area contributed by atoms with Crippen LogP contribution < -0.4 is 5.32 Å². The lowest BCUT2D eigenvalue weighted by molar-refractivity contribution is -0.141. The van der Waals surface area contributed by atoms with Crippen LogP contribution in [0.2, 0.25) is 0 Å². The summed E-state index contributed by atoms with van der Waals surface area (Å²) in [7, 11) is 0. The molecule has 0 saturated heterocycles.